The molecule has 2 aliphatic heterocycles. The predicted molar refractivity (Wildman–Crippen MR) is 120 cm³/mol. The summed E-state index contributed by atoms with van der Waals surface area (Å²) in [6, 6.07) is 14.6. The van der Waals surface area contributed by atoms with Crippen LogP contribution in [0.1, 0.15) is 16.7 Å². The van der Waals surface area contributed by atoms with E-state index in [9.17, 15) is 9.90 Å². The van der Waals surface area contributed by atoms with Crippen LogP contribution in [0.5, 0.6) is 0 Å². The van der Waals surface area contributed by atoms with Crippen LogP contribution in [0.2, 0.25) is 0 Å². The Balaban J connectivity index is 1.77. The second kappa shape index (κ2) is 8.01. The number of benzene rings is 2. The lowest BCUT2D eigenvalue weighted by atomic mass is 10.0. The molecule has 7 nitrogen and oxygen atoms in total. The summed E-state index contributed by atoms with van der Waals surface area (Å²) in [6.07, 6.45) is -0.423. The molecule has 0 aromatic heterocycles. The largest absolute Gasteiger partial charge is 0.355 e. The van der Waals surface area contributed by atoms with Crippen molar-refractivity contribution in [3.63, 3.8) is 0 Å². The van der Waals surface area contributed by atoms with Gasteiger partial charge in [-0.15, -0.1) is 0 Å². The number of aryl methyl sites for hydroxylation is 2. The van der Waals surface area contributed by atoms with Gasteiger partial charge in [0.1, 0.15) is 0 Å². The molecule has 2 heterocycles. The molecule has 2 aromatic carbocycles. The number of nitrogens with one attached hydrogen (secondary N) is 1. The van der Waals surface area contributed by atoms with Gasteiger partial charge in [0.15, 0.2) is 11.5 Å². The Hall–Kier alpha value is -3.03. The van der Waals surface area contributed by atoms with Crippen molar-refractivity contribution in [2.24, 2.45) is 9.98 Å². The van der Waals surface area contributed by atoms with Crippen molar-refractivity contribution in [3.05, 3.63) is 59.2 Å². The third-order valence-corrected chi connectivity index (χ3v) is 5.74. The lowest BCUT2D eigenvalue weighted by molar-refractivity contribution is -0.117. The minimum Gasteiger partial charge on any atom is -0.355 e. The highest BCUT2D eigenvalue weighted by Crippen LogP contribution is 2.36. The van der Waals surface area contributed by atoms with Gasteiger partial charge in [0.05, 0.1) is 11.4 Å². The zero-order chi connectivity index (χ0) is 21.4. The Morgan fingerprint density at radius 2 is 1.87 bits per heavy atom. The van der Waals surface area contributed by atoms with Gasteiger partial charge in [-0.1, -0.05) is 30.3 Å². The summed E-state index contributed by atoms with van der Waals surface area (Å²) in [5, 5.41) is 12.5. The number of likely N-dealkylation sites (N-methyl/N-ethyl adjacent to an activating group) is 1. The Labute approximate surface area is 176 Å². The molecule has 30 heavy (non-hydrogen) atoms. The van der Waals surface area contributed by atoms with Gasteiger partial charge in [-0.2, -0.15) is 0 Å². The number of hydrogen-bond donors (Lipinski definition) is 2. The molecule has 0 radical (unpaired) electrons. The van der Waals surface area contributed by atoms with E-state index in [2.05, 4.69) is 59.4 Å². The Kier molecular flexibility index (Phi) is 5.40. The first-order chi connectivity index (χ1) is 14.3. The van der Waals surface area contributed by atoms with Crippen molar-refractivity contribution in [3.8, 4) is 0 Å². The number of aliphatic hydroxyl groups excluding tert-OH is 1. The average molecular weight is 406 g/mol. The molecule has 2 unspecified atom stereocenters. The van der Waals surface area contributed by atoms with Crippen LogP contribution in [-0.4, -0.2) is 60.5 Å². The first-order valence-electron chi connectivity index (χ1n) is 10.1. The highest BCUT2D eigenvalue weighted by molar-refractivity contribution is 6.70. The van der Waals surface area contributed by atoms with Gasteiger partial charge in [0, 0.05) is 12.6 Å². The number of carbonyl (C=O) groups is 1. The highest BCUT2D eigenvalue weighted by Gasteiger charge is 2.36. The van der Waals surface area contributed by atoms with Crippen molar-refractivity contribution >= 4 is 28.8 Å². The maximum atomic E-state index is 12.5. The topological polar surface area (TPSA) is 80.5 Å². The molecule has 156 valence electrons. The number of rotatable bonds is 5. The third-order valence-electron chi connectivity index (χ3n) is 5.74. The summed E-state index contributed by atoms with van der Waals surface area (Å²) in [5.41, 5.74) is 5.39. The molecule has 0 spiro atoms. The number of amides is 1. The van der Waals surface area contributed by atoms with E-state index in [0.717, 1.165) is 28.9 Å². The second-order valence-electron chi connectivity index (χ2n) is 8.10. The third kappa shape index (κ3) is 3.86. The summed E-state index contributed by atoms with van der Waals surface area (Å²) in [4.78, 5) is 25.6. The fraction of sp³-hybridized carbons (Fsp3) is 0.348. The minimum absolute atomic E-state index is 0.158. The van der Waals surface area contributed by atoms with E-state index in [4.69, 9.17) is 0 Å². The summed E-state index contributed by atoms with van der Waals surface area (Å²) in [6.45, 7) is 4.70. The van der Waals surface area contributed by atoms with E-state index in [1.54, 1.807) is 0 Å². The number of hydrogen-bond acceptors (Lipinski definition) is 6. The molecule has 0 saturated heterocycles. The van der Waals surface area contributed by atoms with Crippen LogP contribution in [-0.2, 0) is 11.2 Å². The maximum Gasteiger partial charge on any atom is 0.277 e. The van der Waals surface area contributed by atoms with Crippen LogP contribution in [0.4, 0.5) is 11.4 Å². The molecule has 0 saturated carbocycles. The van der Waals surface area contributed by atoms with E-state index in [1.807, 2.05) is 36.1 Å². The van der Waals surface area contributed by atoms with Gasteiger partial charge >= 0.3 is 0 Å². The molecule has 2 N–H and O–H groups in total. The maximum absolute atomic E-state index is 12.5. The smallest absolute Gasteiger partial charge is 0.277 e. The molecule has 1 amide bonds. The summed E-state index contributed by atoms with van der Waals surface area (Å²) >= 11 is 0. The molecular weight excluding hydrogens is 378 g/mol. The number of carbonyl (C=O) groups excluding carboxylic acids is 1. The van der Waals surface area contributed by atoms with Gasteiger partial charge in [-0.05, 0) is 63.2 Å². The lowest BCUT2D eigenvalue weighted by Crippen LogP contribution is -2.56. The summed E-state index contributed by atoms with van der Waals surface area (Å²) < 4.78 is 0. The zero-order valence-corrected chi connectivity index (χ0v) is 17.8. The van der Waals surface area contributed by atoms with Crippen LogP contribution in [0.15, 0.2) is 52.4 Å². The number of aliphatic hydroxyl groups is 1. The molecule has 0 fully saturated rings. The van der Waals surface area contributed by atoms with E-state index in [1.165, 1.54) is 5.56 Å². The van der Waals surface area contributed by atoms with Crippen molar-refractivity contribution in [2.75, 3.05) is 25.5 Å². The lowest BCUT2D eigenvalue weighted by Gasteiger charge is -2.38. The summed E-state index contributed by atoms with van der Waals surface area (Å²) in [5.74, 6) is 0.00718. The van der Waals surface area contributed by atoms with Crippen molar-refractivity contribution < 1.29 is 9.90 Å². The van der Waals surface area contributed by atoms with Crippen LogP contribution < -0.4 is 10.2 Å². The Morgan fingerprint density at radius 3 is 2.57 bits per heavy atom. The van der Waals surface area contributed by atoms with Crippen LogP contribution >= 0.6 is 0 Å². The minimum atomic E-state index is -1.27. The van der Waals surface area contributed by atoms with Gasteiger partial charge in [0.2, 0.25) is 6.35 Å². The fourth-order valence-electron chi connectivity index (χ4n) is 3.81. The predicted octanol–water partition coefficient (Wildman–Crippen LogP) is 2.17. The highest BCUT2D eigenvalue weighted by atomic mass is 16.3. The van der Waals surface area contributed by atoms with Crippen LogP contribution in [0, 0.1) is 13.8 Å². The Morgan fingerprint density at radius 1 is 1.17 bits per heavy atom. The molecular formula is C23H27N5O2. The van der Waals surface area contributed by atoms with Crippen molar-refractivity contribution in [1.82, 2.24) is 10.2 Å². The first kappa shape index (κ1) is 20.3. The molecule has 0 aliphatic carbocycles. The second-order valence-corrected chi connectivity index (χ2v) is 8.10. The van der Waals surface area contributed by atoms with Crippen molar-refractivity contribution in [1.29, 1.82) is 0 Å². The van der Waals surface area contributed by atoms with Crippen LogP contribution in [0.25, 0.3) is 0 Å². The average Bonchev–Trinajstić information content (AvgIpc) is 2.70. The standard InChI is InChI=1S/C23H27N5O2/c1-14-10-18-19(11-15(14)2)28(21-20(24-18)22(29)26-23(30)25-21)13-17(27(3)4)12-16-8-6-5-7-9-16/h5-11,17,23,30H,12-13H2,1-4H3,(H,26,29). The summed E-state index contributed by atoms with van der Waals surface area (Å²) in [7, 11) is 4.11. The normalized spacial score (nSPS) is 18.9. The Bertz CT molecular complexity index is 1030. The van der Waals surface area contributed by atoms with Gasteiger partial charge in [-0.25, -0.2) is 9.98 Å². The first-order valence-corrected chi connectivity index (χ1v) is 10.1. The molecule has 0 bridgehead atoms. The fourth-order valence-corrected chi connectivity index (χ4v) is 3.81. The van der Waals surface area contributed by atoms with E-state index in [-0.39, 0.29) is 11.8 Å². The van der Waals surface area contributed by atoms with Gasteiger partial charge < -0.3 is 20.2 Å². The molecule has 2 aliphatic rings. The van der Waals surface area contributed by atoms with Gasteiger partial charge in [-0.3, -0.25) is 4.79 Å². The molecule has 4 rings (SSSR count). The van der Waals surface area contributed by atoms with E-state index >= 15 is 0 Å². The van der Waals surface area contributed by atoms with Crippen LogP contribution in [0.3, 0.4) is 0 Å². The van der Waals surface area contributed by atoms with E-state index in [0.29, 0.717) is 12.4 Å². The van der Waals surface area contributed by atoms with Crippen molar-refractivity contribution in [2.45, 2.75) is 32.7 Å². The number of fused-ring (bicyclic) bond motifs is 2. The molecule has 2 atom stereocenters. The number of anilines is 1. The molecule has 2 aromatic rings. The van der Waals surface area contributed by atoms with E-state index < -0.39 is 12.3 Å². The SMILES string of the molecule is Cc1cc2c(cc1C)N(CC(Cc1ccccc1)N(C)C)C1=NC(O)NC(=O)C1=N2. The van der Waals surface area contributed by atoms with Gasteiger partial charge in [0.25, 0.3) is 5.91 Å². The quantitative estimate of drug-likeness (QED) is 0.799. The number of amidine groups is 1. The molecule has 7 heteroatoms. The number of aliphatic imine (C=N–C) groups is 2. The number of nitrogens with zero attached hydrogens (tertiary/aromatic N) is 4. The zero-order valence-electron chi connectivity index (χ0n) is 17.8. The monoisotopic (exact) mass is 405 g/mol.